The lowest BCUT2D eigenvalue weighted by atomic mass is 9.89. The van der Waals surface area contributed by atoms with Gasteiger partial charge in [-0.05, 0) is 24.2 Å². The van der Waals surface area contributed by atoms with Crippen molar-refractivity contribution < 1.29 is 4.74 Å². The van der Waals surface area contributed by atoms with Gasteiger partial charge in [0.05, 0.1) is 0 Å². The molecule has 0 aliphatic carbocycles. The molecular weight excluding hydrogens is 184 g/mol. The monoisotopic (exact) mass is 214 g/mol. The highest BCUT2D eigenvalue weighted by Gasteiger charge is 2.08. The Morgan fingerprint density at radius 1 is 0.933 bits per heavy atom. The summed E-state index contributed by atoms with van der Waals surface area (Å²) >= 11 is 0. The second kappa shape index (κ2) is 8.15. The van der Waals surface area contributed by atoms with E-state index in [1.54, 1.807) is 0 Å². The molecule has 0 unspecified atom stereocenters. The van der Waals surface area contributed by atoms with Crippen molar-refractivity contribution in [2.24, 2.45) is 11.3 Å². The van der Waals surface area contributed by atoms with E-state index in [4.69, 9.17) is 4.74 Å². The molecule has 0 fully saturated rings. The summed E-state index contributed by atoms with van der Waals surface area (Å²) in [7, 11) is 0. The lowest BCUT2D eigenvalue weighted by Crippen LogP contribution is -2.05. The normalized spacial score (nSPS) is 12.4. The molecule has 0 aromatic heterocycles. The van der Waals surface area contributed by atoms with Crippen molar-refractivity contribution >= 4 is 0 Å². The van der Waals surface area contributed by atoms with Gasteiger partial charge in [0.2, 0.25) is 0 Å². The van der Waals surface area contributed by atoms with Crippen molar-refractivity contribution in [3.05, 3.63) is 0 Å². The van der Waals surface area contributed by atoms with Crippen LogP contribution in [0.25, 0.3) is 0 Å². The van der Waals surface area contributed by atoms with Gasteiger partial charge in [0.25, 0.3) is 0 Å². The van der Waals surface area contributed by atoms with Gasteiger partial charge in [0.1, 0.15) is 0 Å². The van der Waals surface area contributed by atoms with Crippen LogP contribution in [0.15, 0.2) is 0 Å². The predicted molar refractivity (Wildman–Crippen MR) is 68.2 cm³/mol. The Hall–Kier alpha value is -0.0400. The highest BCUT2D eigenvalue weighted by atomic mass is 16.5. The summed E-state index contributed by atoms with van der Waals surface area (Å²) in [5, 5.41) is 0. The first kappa shape index (κ1) is 15.0. The summed E-state index contributed by atoms with van der Waals surface area (Å²) in [5.41, 5.74) is 0.508. The molecule has 0 N–H and O–H groups in total. The Morgan fingerprint density at radius 2 is 1.53 bits per heavy atom. The summed E-state index contributed by atoms with van der Waals surface area (Å²) < 4.78 is 5.54. The van der Waals surface area contributed by atoms with Gasteiger partial charge in [-0.2, -0.15) is 0 Å². The van der Waals surface area contributed by atoms with Crippen molar-refractivity contribution in [3.8, 4) is 0 Å². The Kier molecular flexibility index (Phi) is 8.13. The van der Waals surface area contributed by atoms with E-state index in [-0.39, 0.29) is 0 Å². The maximum Gasteiger partial charge on any atom is 0.0488 e. The van der Waals surface area contributed by atoms with Crippen LogP contribution in [0.5, 0.6) is 0 Å². The van der Waals surface area contributed by atoms with E-state index in [1.165, 1.54) is 32.1 Å². The molecule has 0 radical (unpaired) electrons. The average Bonchev–Trinajstić information content (AvgIpc) is 2.07. The van der Waals surface area contributed by atoms with Crippen LogP contribution < -0.4 is 0 Å². The Balaban J connectivity index is 3.06. The number of unbranched alkanes of at least 4 members (excludes halogenated alkanes) is 3. The molecule has 0 rings (SSSR count). The third-order valence-corrected chi connectivity index (χ3v) is 2.42. The summed E-state index contributed by atoms with van der Waals surface area (Å²) in [6.45, 7) is 13.2. The van der Waals surface area contributed by atoms with Crippen LogP contribution in [0.4, 0.5) is 0 Å². The first-order valence-electron chi connectivity index (χ1n) is 6.49. The number of rotatable bonds is 8. The standard InChI is InChI=1S/C14H30O/c1-13(2)12-15-11-9-7-6-8-10-14(3,4)5/h13H,6-12H2,1-5H3. The van der Waals surface area contributed by atoms with E-state index in [9.17, 15) is 0 Å². The summed E-state index contributed by atoms with van der Waals surface area (Å²) in [5.74, 6) is 0.672. The van der Waals surface area contributed by atoms with E-state index in [1.807, 2.05) is 0 Å². The molecule has 0 atom stereocenters. The third kappa shape index (κ3) is 14.0. The highest BCUT2D eigenvalue weighted by Crippen LogP contribution is 2.22. The fourth-order valence-corrected chi connectivity index (χ4v) is 1.53. The minimum Gasteiger partial charge on any atom is -0.381 e. The largest absolute Gasteiger partial charge is 0.381 e. The second-order valence-corrected chi connectivity index (χ2v) is 6.19. The lowest BCUT2D eigenvalue weighted by molar-refractivity contribution is 0.106. The van der Waals surface area contributed by atoms with Crippen LogP contribution in [0.1, 0.15) is 66.7 Å². The molecule has 0 amide bonds. The van der Waals surface area contributed by atoms with Gasteiger partial charge < -0.3 is 4.74 Å². The molecule has 1 nitrogen and oxygen atoms in total. The van der Waals surface area contributed by atoms with Gasteiger partial charge >= 0.3 is 0 Å². The van der Waals surface area contributed by atoms with Gasteiger partial charge in [0, 0.05) is 13.2 Å². The van der Waals surface area contributed by atoms with Crippen LogP contribution in [0, 0.1) is 11.3 Å². The van der Waals surface area contributed by atoms with Crippen LogP contribution in [0.3, 0.4) is 0 Å². The Morgan fingerprint density at radius 3 is 2.07 bits per heavy atom. The first-order valence-corrected chi connectivity index (χ1v) is 6.49. The zero-order valence-corrected chi connectivity index (χ0v) is 11.4. The molecule has 0 heterocycles. The maximum absolute atomic E-state index is 5.54. The molecule has 0 spiro atoms. The van der Waals surface area contributed by atoms with E-state index < -0.39 is 0 Å². The Bertz CT molecular complexity index is 133. The zero-order valence-electron chi connectivity index (χ0n) is 11.4. The molecule has 0 saturated carbocycles. The van der Waals surface area contributed by atoms with Gasteiger partial charge in [0.15, 0.2) is 0 Å². The lowest BCUT2D eigenvalue weighted by Gasteiger charge is -2.17. The van der Waals surface area contributed by atoms with E-state index >= 15 is 0 Å². The Labute approximate surface area is 96.6 Å². The zero-order chi connectivity index (χ0) is 11.7. The fourth-order valence-electron chi connectivity index (χ4n) is 1.53. The molecule has 0 aliphatic heterocycles. The molecule has 15 heavy (non-hydrogen) atoms. The van der Waals surface area contributed by atoms with E-state index in [0.717, 1.165) is 13.2 Å². The van der Waals surface area contributed by atoms with Gasteiger partial charge in [-0.15, -0.1) is 0 Å². The molecule has 92 valence electrons. The minimum atomic E-state index is 0.508. The molecule has 0 saturated heterocycles. The van der Waals surface area contributed by atoms with E-state index in [0.29, 0.717) is 11.3 Å². The van der Waals surface area contributed by atoms with Crippen LogP contribution in [0.2, 0.25) is 0 Å². The smallest absolute Gasteiger partial charge is 0.0488 e. The number of hydrogen-bond acceptors (Lipinski definition) is 1. The van der Waals surface area contributed by atoms with Gasteiger partial charge in [-0.3, -0.25) is 0 Å². The molecule has 1 heteroatoms. The van der Waals surface area contributed by atoms with Crippen LogP contribution in [-0.4, -0.2) is 13.2 Å². The highest BCUT2D eigenvalue weighted by molar-refractivity contribution is 4.60. The number of hydrogen-bond donors (Lipinski definition) is 0. The molecule has 0 bridgehead atoms. The average molecular weight is 214 g/mol. The van der Waals surface area contributed by atoms with Crippen LogP contribution in [-0.2, 0) is 4.74 Å². The van der Waals surface area contributed by atoms with Crippen molar-refractivity contribution in [1.29, 1.82) is 0 Å². The summed E-state index contributed by atoms with van der Waals surface area (Å²) in [6, 6.07) is 0. The molecule has 0 aromatic carbocycles. The maximum atomic E-state index is 5.54. The molecular formula is C14H30O. The summed E-state index contributed by atoms with van der Waals surface area (Å²) in [6.07, 6.45) is 6.64. The topological polar surface area (TPSA) is 9.23 Å². The quantitative estimate of drug-likeness (QED) is 0.534. The van der Waals surface area contributed by atoms with Crippen molar-refractivity contribution in [2.75, 3.05) is 13.2 Å². The fraction of sp³-hybridized carbons (Fsp3) is 1.00. The van der Waals surface area contributed by atoms with Crippen molar-refractivity contribution in [3.63, 3.8) is 0 Å². The van der Waals surface area contributed by atoms with Gasteiger partial charge in [-0.1, -0.05) is 53.9 Å². The second-order valence-electron chi connectivity index (χ2n) is 6.19. The third-order valence-electron chi connectivity index (χ3n) is 2.42. The summed E-state index contributed by atoms with van der Waals surface area (Å²) in [4.78, 5) is 0. The van der Waals surface area contributed by atoms with Gasteiger partial charge in [-0.25, -0.2) is 0 Å². The van der Waals surface area contributed by atoms with E-state index in [2.05, 4.69) is 34.6 Å². The molecule has 0 aromatic rings. The minimum absolute atomic E-state index is 0.508. The van der Waals surface area contributed by atoms with Crippen molar-refractivity contribution in [2.45, 2.75) is 66.7 Å². The van der Waals surface area contributed by atoms with Crippen molar-refractivity contribution in [1.82, 2.24) is 0 Å². The number of ether oxygens (including phenoxy) is 1. The predicted octanol–water partition coefficient (Wildman–Crippen LogP) is 4.66. The molecule has 0 aliphatic rings. The van der Waals surface area contributed by atoms with Crippen LogP contribution >= 0.6 is 0 Å². The SMILES string of the molecule is CC(C)COCCCCCCC(C)(C)C. The first-order chi connectivity index (χ1) is 6.92.